The molecule has 1 rings (SSSR count). The van der Waals surface area contributed by atoms with Crippen LogP contribution in [0.15, 0.2) is 5.11 Å². The first-order valence-corrected chi connectivity index (χ1v) is 7.67. The summed E-state index contributed by atoms with van der Waals surface area (Å²) < 4.78 is 4.84. The van der Waals surface area contributed by atoms with Crippen LogP contribution in [0.2, 0.25) is 0 Å². The number of aliphatic hydroxyl groups is 4. The Bertz CT molecular complexity index is 499. The highest BCUT2D eigenvalue weighted by atomic mass is 16.6. The molecular weight excluding hydrogens is 418 g/mol. The van der Waals surface area contributed by atoms with Gasteiger partial charge in [0.25, 0.3) is 23.9 Å². The lowest BCUT2D eigenvalue weighted by Crippen LogP contribution is -2.57. The van der Waals surface area contributed by atoms with Gasteiger partial charge in [-0.1, -0.05) is 5.11 Å². The van der Waals surface area contributed by atoms with Crippen LogP contribution in [0.1, 0.15) is 27.7 Å². The van der Waals surface area contributed by atoms with Gasteiger partial charge < -0.3 is 45.6 Å². The molecule has 16 nitrogen and oxygen atoms in total. The number of nitrogens with zero attached hydrogens (tertiary/aromatic N) is 3. The highest BCUT2D eigenvalue weighted by Crippen LogP contribution is 2.21. The number of aliphatic hydroxyl groups excluding tert-OH is 4. The Morgan fingerprint density at radius 3 is 1.33 bits per heavy atom. The molecule has 1 aliphatic rings. The summed E-state index contributed by atoms with van der Waals surface area (Å²) in [4.78, 5) is 38.4. The SMILES string of the molecule is CC(=O)O.CC(=O)O.CC(=O)O.CC(=O)O.[N-]=[N+]=NC1O[C@H](CO)[C@@H](O)[C@H](O)[C@@H]1O. The van der Waals surface area contributed by atoms with E-state index in [1.54, 1.807) is 0 Å². The molecule has 0 amide bonds. The van der Waals surface area contributed by atoms with E-state index in [2.05, 4.69) is 10.0 Å². The smallest absolute Gasteiger partial charge is 0.300 e. The fourth-order valence-electron chi connectivity index (χ4n) is 1.23. The zero-order chi connectivity index (χ0) is 25.0. The molecule has 0 aromatic heterocycles. The summed E-state index contributed by atoms with van der Waals surface area (Å²) in [6, 6.07) is 0. The number of carboxylic acid groups (broad SMARTS) is 4. The van der Waals surface area contributed by atoms with Gasteiger partial charge in [-0.3, -0.25) is 19.2 Å². The molecule has 0 aliphatic carbocycles. The van der Waals surface area contributed by atoms with E-state index < -0.39 is 61.1 Å². The molecule has 176 valence electrons. The van der Waals surface area contributed by atoms with Crippen molar-refractivity contribution in [1.82, 2.24) is 0 Å². The molecule has 0 aromatic rings. The van der Waals surface area contributed by atoms with Crippen molar-refractivity contribution in [3.63, 3.8) is 0 Å². The van der Waals surface area contributed by atoms with Crippen molar-refractivity contribution in [2.45, 2.75) is 58.3 Å². The third-order valence-corrected chi connectivity index (χ3v) is 2.03. The van der Waals surface area contributed by atoms with Crippen molar-refractivity contribution in [2.75, 3.05) is 6.61 Å². The van der Waals surface area contributed by atoms with Gasteiger partial charge in [0, 0.05) is 32.6 Å². The summed E-state index contributed by atoms with van der Waals surface area (Å²) in [6.07, 6.45) is -6.76. The van der Waals surface area contributed by atoms with E-state index in [1.165, 1.54) is 0 Å². The molecule has 30 heavy (non-hydrogen) atoms. The van der Waals surface area contributed by atoms with Gasteiger partial charge >= 0.3 is 0 Å². The molecule has 1 unspecified atom stereocenters. The van der Waals surface area contributed by atoms with Crippen molar-refractivity contribution in [1.29, 1.82) is 0 Å². The van der Waals surface area contributed by atoms with Gasteiger partial charge in [0.05, 0.1) is 6.61 Å². The van der Waals surface area contributed by atoms with Gasteiger partial charge in [0.1, 0.15) is 24.4 Å². The van der Waals surface area contributed by atoms with Crippen LogP contribution < -0.4 is 0 Å². The summed E-state index contributed by atoms with van der Waals surface area (Å²) in [5.74, 6) is -3.33. The average molecular weight is 445 g/mol. The van der Waals surface area contributed by atoms with Crippen LogP contribution in [0.25, 0.3) is 10.4 Å². The van der Waals surface area contributed by atoms with Crippen molar-refractivity contribution >= 4 is 23.9 Å². The van der Waals surface area contributed by atoms with E-state index >= 15 is 0 Å². The monoisotopic (exact) mass is 445 g/mol. The largest absolute Gasteiger partial charge is 0.481 e. The van der Waals surface area contributed by atoms with Crippen LogP contribution in [0.3, 0.4) is 0 Å². The van der Waals surface area contributed by atoms with E-state index in [0.717, 1.165) is 27.7 Å². The molecule has 5 atom stereocenters. The molecule has 16 heteroatoms. The zero-order valence-corrected chi connectivity index (χ0v) is 16.6. The molecule has 0 aromatic carbocycles. The topological polar surface area (TPSA) is 288 Å². The third kappa shape index (κ3) is 29.7. The van der Waals surface area contributed by atoms with Crippen molar-refractivity contribution in [3.8, 4) is 0 Å². The first-order chi connectivity index (χ1) is 13.5. The fourth-order valence-corrected chi connectivity index (χ4v) is 1.23. The van der Waals surface area contributed by atoms with E-state index in [9.17, 15) is 15.3 Å². The molecular formula is C14H27N3O13. The number of aliphatic carboxylic acids is 4. The molecule has 0 bridgehead atoms. The van der Waals surface area contributed by atoms with Crippen LogP contribution in [0.5, 0.6) is 0 Å². The molecule has 1 aliphatic heterocycles. The Morgan fingerprint density at radius 2 is 1.10 bits per heavy atom. The second-order valence-electron chi connectivity index (χ2n) is 5.00. The molecule has 0 spiro atoms. The lowest BCUT2D eigenvalue weighted by molar-refractivity contribution is -0.227. The van der Waals surface area contributed by atoms with Gasteiger partial charge in [-0.15, -0.1) is 0 Å². The number of hydrogen-bond acceptors (Lipinski definition) is 10. The standard InChI is InChI=1S/C6H11N3O5.4C2H4O2/c7-9-8-6-5(13)4(12)3(11)2(1-10)14-6;4*1-2(3)4/h2-6,10-13H,1H2;4*1H3,(H,3,4)/t2-,3-,4+,5+,6?;;;;/m1..../s1. The Kier molecular flexibility index (Phi) is 23.8. The molecule has 0 saturated carbocycles. The number of ether oxygens (including phenoxy) is 1. The first kappa shape index (κ1) is 34.5. The summed E-state index contributed by atoms with van der Waals surface area (Å²) >= 11 is 0. The third-order valence-electron chi connectivity index (χ3n) is 2.03. The average Bonchev–Trinajstić information content (AvgIpc) is 2.53. The maximum Gasteiger partial charge on any atom is 0.300 e. The number of carbonyl (C=O) groups is 4. The van der Waals surface area contributed by atoms with Crippen LogP contribution >= 0.6 is 0 Å². The molecule has 1 saturated heterocycles. The normalized spacial score (nSPS) is 23.4. The van der Waals surface area contributed by atoms with Crippen LogP contribution in [-0.4, -0.2) is 102 Å². The van der Waals surface area contributed by atoms with Gasteiger partial charge in [-0.05, 0) is 5.53 Å². The summed E-state index contributed by atoms with van der Waals surface area (Å²) in [5, 5.41) is 69.3. The van der Waals surface area contributed by atoms with Gasteiger partial charge in [0.15, 0.2) is 6.23 Å². The zero-order valence-electron chi connectivity index (χ0n) is 16.6. The lowest BCUT2D eigenvalue weighted by Gasteiger charge is -2.37. The number of carboxylic acids is 4. The van der Waals surface area contributed by atoms with E-state index in [4.69, 9.17) is 55.0 Å². The van der Waals surface area contributed by atoms with Crippen molar-refractivity contribution in [2.24, 2.45) is 5.11 Å². The molecule has 1 heterocycles. The second-order valence-corrected chi connectivity index (χ2v) is 5.00. The van der Waals surface area contributed by atoms with Gasteiger partial charge in [-0.2, -0.15) is 0 Å². The maximum atomic E-state index is 9.27. The maximum absolute atomic E-state index is 9.27. The summed E-state index contributed by atoms with van der Waals surface area (Å²) in [6.45, 7) is 3.79. The van der Waals surface area contributed by atoms with E-state index in [-0.39, 0.29) is 0 Å². The minimum Gasteiger partial charge on any atom is -0.481 e. The Labute approximate surface area is 170 Å². The molecule has 8 N–H and O–H groups in total. The van der Waals surface area contributed by atoms with E-state index in [1.807, 2.05) is 0 Å². The highest BCUT2D eigenvalue weighted by Gasteiger charge is 2.42. The van der Waals surface area contributed by atoms with Crippen molar-refractivity contribution in [3.05, 3.63) is 10.4 Å². The first-order valence-electron chi connectivity index (χ1n) is 7.67. The quantitative estimate of drug-likeness (QED) is 0.136. The van der Waals surface area contributed by atoms with Gasteiger partial charge in [0.2, 0.25) is 0 Å². The van der Waals surface area contributed by atoms with Gasteiger partial charge in [-0.25, -0.2) is 0 Å². The summed E-state index contributed by atoms with van der Waals surface area (Å²) in [5.41, 5.74) is 8.11. The Morgan fingerprint density at radius 1 is 0.800 bits per heavy atom. The number of azide groups is 1. The minimum absolute atomic E-state index is 0.539. The van der Waals surface area contributed by atoms with Crippen LogP contribution in [-0.2, 0) is 23.9 Å². The number of rotatable bonds is 2. The Hall–Kier alpha value is -3.01. The molecule has 1 fully saturated rings. The van der Waals surface area contributed by atoms with Crippen molar-refractivity contribution < 1.29 is 64.8 Å². The fraction of sp³-hybridized carbons (Fsp3) is 0.714. The molecule has 0 radical (unpaired) electrons. The highest BCUT2D eigenvalue weighted by molar-refractivity contribution is 5.63. The Balaban J connectivity index is -0.000000174. The summed E-state index contributed by atoms with van der Waals surface area (Å²) in [7, 11) is 0. The number of hydrogen-bond donors (Lipinski definition) is 8. The second kappa shape index (κ2) is 20.7. The lowest BCUT2D eigenvalue weighted by atomic mass is 9.99. The van der Waals surface area contributed by atoms with Crippen LogP contribution in [0, 0.1) is 0 Å². The van der Waals surface area contributed by atoms with E-state index in [0.29, 0.717) is 0 Å². The minimum atomic E-state index is -1.50. The predicted molar refractivity (Wildman–Crippen MR) is 96.2 cm³/mol. The van der Waals surface area contributed by atoms with Crippen LogP contribution in [0.4, 0.5) is 0 Å². The predicted octanol–water partition coefficient (Wildman–Crippen LogP) is -1.54.